The molecule has 1 amide bonds. The summed E-state index contributed by atoms with van der Waals surface area (Å²) in [5, 5.41) is 15.6. The number of allylic oxidation sites excluding steroid dienone is 1. The Labute approximate surface area is 180 Å². The van der Waals surface area contributed by atoms with Crippen molar-refractivity contribution >= 4 is 23.4 Å². The number of hydrogen-bond acceptors (Lipinski definition) is 4. The molecule has 0 saturated heterocycles. The average Bonchev–Trinajstić information content (AvgIpc) is 3.61. The lowest BCUT2D eigenvalue weighted by atomic mass is 10.1. The van der Waals surface area contributed by atoms with Gasteiger partial charge in [-0.15, -0.1) is 0 Å². The maximum atomic E-state index is 12.6. The predicted octanol–water partition coefficient (Wildman–Crippen LogP) is 4.93. The molecule has 31 heavy (non-hydrogen) atoms. The van der Waals surface area contributed by atoms with E-state index in [1.165, 1.54) is 6.07 Å². The number of nitro groups is 1. The second-order valence-corrected chi connectivity index (χ2v) is 7.35. The summed E-state index contributed by atoms with van der Waals surface area (Å²) in [5.74, 6) is 0.00262. The van der Waals surface area contributed by atoms with Crippen molar-refractivity contribution in [1.82, 2.24) is 5.43 Å². The molecular weight excluding hydrogens is 390 g/mol. The molecule has 0 bridgehead atoms. The Bertz CT molecular complexity index is 1140. The number of amides is 1. The van der Waals surface area contributed by atoms with E-state index in [4.69, 9.17) is 0 Å². The number of nitrogens with one attached hydrogen (secondary N) is 1. The first-order chi connectivity index (χ1) is 15.1. The smallest absolute Gasteiger partial charge is 0.273 e. The van der Waals surface area contributed by atoms with E-state index in [1.807, 2.05) is 60.7 Å². The quantitative estimate of drug-likeness (QED) is 0.340. The monoisotopic (exact) mass is 411 g/mol. The van der Waals surface area contributed by atoms with Crippen LogP contribution in [0.3, 0.4) is 0 Å². The Kier molecular flexibility index (Phi) is 5.98. The first-order valence-corrected chi connectivity index (χ1v) is 10.0. The third-order valence-corrected chi connectivity index (χ3v) is 5.27. The summed E-state index contributed by atoms with van der Waals surface area (Å²) in [6, 6.07) is 25.9. The number of carbonyl (C=O) groups excluding carboxylic acids is 1. The van der Waals surface area contributed by atoms with Crippen LogP contribution in [0, 0.1) is 16.0 Å². The Balaban J connectivity index is 1.53. The van der Waals surface area contributed by atoms with Crippen LogP contribution in [-0.2, 0) is 4.79 Å². The summed E-state index contributed by atoms with van der Waals surface area (Å²) in [7, 11) is 0. The number of para-hydroxylation sites is 1. The minimum absolute atomic E-state index is 0.0129. The molecule has 0 heterocycles. The molecule has 4 rings (SSSR count). The number of benzene rings is 3. The summed E-state index contributed by atoms with van der Waals surface area (Å²) in [5.41, 5.74) is 5.64. The minimum atomic E-state index is -0.419. The summed E-state index contributed by atoms with van der Waals surface area (Å²) in [6.07, 6.45) is 4.12. The molecule has 3 aromatic rings. The first kappa shape index (κ1) is 20.2. The lowest BCUT2D eigenvalue weighted by molar-refractivity contribution is -0.385. The maximum absolute atomic E-state index is 12.6. The van der Waals surface area contributed by atoms with Gasteiger partial charge < -0.3 is 0 Å². The van der Waals surface area contributed by atoms with Crippen molar-refractivity contribution in [3.63, 3.8) is 0 Å². The van der Waals surface area contributed by atoms with E-state index in [0.717, 1.165) is 17.5 Å². The zero-order valence-electron chi connectivity index (χ0n) is 16.7. The predicted molar refractivity (Wildman–Crippen MR) is 121 cm³/mol. The van der Waals surface area contributed by atoms with Crippen molar-refractivity contribution in [3.05, 3.63) is 118 Å². The molecule has 1 aliphatic rings. The van der Waals surface area contributed by atoms with Crippen LogP contribution in [-0.4, -0.2) is 16.5 Å². The van der Waals surface area contributed by atoms with Gasteiger partial charge in [0.15, 0.2) is 0 Å². The number of rotatable bonds is 7. The molecule has 1 N–H and O–H groups in total. The summed E-state index contributed by atoms with van der Waals surface area (Å²) < 4.78 is 0. The van der Waals surface area contributed by atoms with Crippen LogP contribution in [0.4, 0.5) is 5.69 Å². The van der Waals surface area contributed by atoms with E-state index in [9.17, 15) is 14.9 Å². The Morgan fingerprint density at radius 2 is 1.61 bits per heavy atom. The Hall–Kier alpha value is -4.06. The number of carbonyl (C=O) groups is 1. The fourth-order valence-electron chi connectivity index (χ4n) is 3.52. The molecule has 0 unspecified atom stereocenters. The number of nitro benzene ring substituents is 1. The van der Waals surface area contributed by atoms with Gasteiger partial charge in [0.05, 0.1) is 16.2 Å². The van der Waals surface area contributed by atoms with Crippen LogP contribution in [0.2, 0.25) is 0 Å². The van der Waals surface area contributed by atoms with Crippen molar-refractivity contribution in [3.8, 4) is 0 Å². The van der Waals surface area contributed by atoms with Gasteiger partial charge in [0.2, 0.25) is 5.91 Å². The topological polar surface area (TPSA) is 84.6 Å². The highest BCUT2D eigenvalue weighted by Crippen LogP contribution is 2.47. The van der Waals surface area contributed by atoms with Gasteiger partial charge >= 0.3 is 0 Å². The van der Waals surface area contributed by atoms with Crippen LogP contribution < -0.4 is 5.43 Å². The van der Waals surface area contributed by atoms with E-state index >= 15 is 0 Å². The van der Waals surface area contributed by atoms with Crippen LogP contribution >= 0.6 is 0 Å². The Morgan fingerprint density at radius 3 is 2.32 bits per heavy atom. The standard InChI is InChI=1S/C25H21N3O3/c29-25(22-17-21(22)18-9-3-1-4-10-18)27-26-23(19-11-5-2-6-12-19)16-15-20-13-7-8-14-24(20)28(30)31/h1-16,21-22H,17H2,(H,27,29)/b16-15+,26-23+/t21-,22+/m0/s1. The van der Waals surface area contributed by atoms with Gasteiger partial charge in [0, 0.05) is 17.5 Å². The van der Waals surface area contributed by atoms with Crippen molar-refractivity contribution in [1.29, 1.82) is 0 Å². The second kappa shape index (κ2) is 9.17. The molecule has 6 heteroatoms. The van der Waals surface area contributed by atoms with E-state index < -0.39 is 4.92 Å². The van der Waals surface area contributed by atoms with Gasteiger partial charge in [-0.3, -0.25) is 14.9 Å². The molecule has 1 fully saturated rings. The fourth-order valence-corrected chi connectivity index (χ4v) is 3.52. The highest BCUT2D eigenvalue weighted by atomic mass is 16.6. The van der Waals surface area contributed by atoms with Crippen LogP contribution in [0.5, 0.6) is 0 Å². The maximum Gasteiger partial charge on any atom is 0.276 e. The largest absolute Gasteiger partial charge is 0.276 e. The van der Waals surface area contributed by atoms with Gasteiger partial charge in [0.25, 0.3) is 5.69 Å². The van der Waals surface area contributed by atoms with E-state index in [-0.39, 0.29) is 23.4 Å². The molecule has 0 radical (unpaired) electrons. The van der Waals surface area contributed by atoms with Crippen LogP contribution in [0.1, 0.15) is 29.0 Å². The highest BCUT2D eigenvalue weighted by molar-refractivity contribution is 6.11. The van der Waals surface area contributed by atoms with Gasteiger partial charge in [-0.1, -0.05) is 72.8 Å². The molecule has 0 aromatic heterocycles. The third kappa shape index (κ3) is 4.93. The molecule has 6 nitrogen and oxygen atoms in total. The third-order valence-electron chi connectivity index (χ3n) is 5.27. The molecule has 154 valence electrons. The molecule has 0 aliphatic heterocycles. The fraction of sp³-hybridized carbons (Fsp3) is 0.120. The number of nitrogens with zero attached hydrogens (tertiary/aromatic N) is 2. The van der Waals surface area contributed by atoms with Crippen molar-refractivity contribution in [2.24, 2.45) is 11.0 Å². The summed E-state index contributed by atoms with van der Waals surface area (Å²) >= 11 is 0. The lowest BCUT2D eigenvalue weighted by Crippen LogP contribution is -2.21. The summed E-state index contributed by atoms with van der Waals surface area (Å²) in [4.78, 5) is 23.5. The van der Waals surface area contributed by atoms with Gasteiger partial charge in [-0.2, -0.15) is 5.10 Å². The normalized spacial score (nSPS) is 18.0. The summed E-state index contributed by atoms with van der Waals surface area (Å²) in [6.45, 7) is 0. The number of hydrogen-bond donors (Lipinski definition) is 1. The molecule has 3 aromatic carbocycles. The van der Waals surface area contributed by atoms with Crippen LogP contribution in [0.15, 0.2) is 96.1 Å². The minimum Gasteiger partial charge on any atom is -0.273 e. The number of hydrazone groups is 1. The van der Waals surface area contributed by atoms with Crippen molar-refractivity contribution in [2.75, 3.05) is 0 Å². The van der Waals surface area contributed by atoms with E-state index in [1.54, 1.807) is 30.4 Å². The zero-order chi connectivity index (χ0) is 21.6. The Morgan fingerprint density at radius 1 is 0.968 bits per heavy atom. The van der Waals surface area contributed by atoms with Crippen molar-refractivity contribution in [2.45, 2.75) is 12.3 Å². The molecule has 1 aliphatic carbocycles. The lowest BCUT2D eigenvalue weighted by Gasteiger charge is -2.04. The highest BCUT2D eigenvalue weighted by Gasteiger charge is 2.43. The molecule has 0 spiro atoms. The van der Waals surface area contributed by atoms with Crippen LogP contribution in [0.25, 0.3) is 6.08 Å². The molecule has 1 saturated carbocycles. The van der Waals surface area contributed by atoms with Crippen molar-refractivity contribution < 1.29 is 9.72 Å². The molecular formula is C25H21N3O3. The molecule has 2 atom stereocenters. The average molecular weight is 411 g/mol. The van der Waals surface area contributed by atoms with Gasteiger partial charge in [-0.05, 0) is 36.1 Å². The van der Waals surface area contributed by atoms with Gasteiger partial charge in [0.1, 0.15) is 0 Å². The SMILES string of the molecule is O=C(N/N=C(\C=C\c1ccccc1[N+](=O)[O-])c1ccccc1)[C@@H]1C[C@H]1c1ccccc1. The van der Waals surface area contributed by atoms with E-state index in [2.05, 4.69) is 10.5 Å². The first-order valence-electron chi connectivity index (χ1n) is 10.0. The van der Waals surface area contributed by atoms with E-state index in [0.29, 0.717) is 11.3 Å². The second-order valence-electron chi connectivity index (χ2n) is 7.35. The zero-order valence-corrected chi connectivity index (χ0v) is 16.7. The van der Waals surface area contributed by atoms with Gasteiger partial charge in [-0.25, -0.2) is 5.43 Å².